The van der Waals surface area contributed by atoms with E-state index < -0.39 is 0 Å². The highest BCUT2D eigenvalue weighted by molar-refractivity contribution is 5.73. The molecule has 136 valence electrons. The van der Waals surface area contributed by atoms with E-state index in [1.807, 2.05) is 48.5 Å². The maximum Gasteiger partial charge on any atom is 0.311 e. The van der Waals surface area contributed by atoms with Crippen molar-refractivity contribution in [3.05, 3.63) is 48.5 Å². The highest BCUT2D eigenvalue weighted by Crippen LogP contribution is 2.25. The first-order chi connectivity index (χ1) is 12.7. The number of hydrogen-bond donors (Lipinski definition) is 0. The van der Waals surface area contributed by atoms with E-state index in [4.69, 9.17) is 15.9 Å². The Hall–Kier alpha value is -2.73. The van der Waals surface area contributed by atoms with Crippen LogP contribution in [0.25, 0.3) is 11.1 Å². The molecule has 0 fully saturated rings. The summed E-state index contributed by atoms with van der Waals surface area (Å²) in [4.78, 5) is 11.8. The van der Waals surface area contributed by atoms with Gasteiger partial charge in [0.1, 0.15) is 11.5 Å². The van der Waals surface area contributed by atoms with Crippen LogP contribution in [0.3, 0.4) is 0 Å². The molecule has 0 spiro atoms. The summed E-state index contributed by atoms with van der Waals surface area (Å²) in [6.45, 7) is 2.74. The van der Waals surface area contributed by atoms with Gasteiger partial charge in [-0.15, -0.1) is 12.3 Å². The molecule has 0 heterocycles. The lowest BCUT2D eigenvalue weighted by Crippen LogP contribution is -2.07. The fourth-order valence-electron chi connectivity index (χ4n) is 2.53. The molecule has 2 rings (SSSR count). The molecule has 26 heavy (non-hydrogen) atoms. The summed E-state index contributed by atoms with van der Waals surface area (Å²) in [7, 11) is 0. The summed E-state index contributed by atoms with van der Waals surface area (Å²) < 4.78 is 11.0. The molecule has 0 N–H and O–H groups in total. The van der Waals surface area contributed by atoms with Gasteiger partial charge in [-0.2, -0.15) is 0 Å². The quantitative estimate of drug-likeness (QED) is 0.241. The molecular formula is C23H26O3. The first-order valence-electron chi connectivity index (χ1n) is 9.20. The van der Waals surface area contributed by atoms with Gasteiger partial charge in [0.05, 0.1) is 6.61 Å². The minimum Gasteiger partial charge on any atom is -0.494 e. The number of rotatable bonds is 10. The van der Waals surface area contributed by atoms with Gasteiger partial charge in [-0.3, -0.25) is 4.79 Å². The minimum atomic E-state index is -0.169. The van der Waals surface area contributed by atoms with Crippen molar-refractivity contribution in [2.24, 2.45) is 0 Å². The van der Waals surface area contributed by atoms with Gasteiger partial charge in [0.2, 0.25) is 0 Å². The van der Waals surface area contributed by atoms with Crippen LogP contribution in [0.1, 0.15) is 45.4 Å². The number of benzene rings is 2. The molecule has 3 heteroatoms. The molecule has 0 amide bonds. The molecule has 2 aromatic rings. The summed E-state index contributed by atoms with van der Waals surface area (Å²) >= 11 is 0. The van der Waals surface area contributed by atoms with Crippen molar-refractivity contribution in [2.45, 2.75) is 45.4 Å². The molecule has 0 atom stereocenters. The van der Waals surface area contributed by atoms with E-state index in [9.17, 15) is 4.79 Å². The van der Waals surface area contributed by atoms with Crippen LogP contribution in [-0.2, 0) is 4.79 Å². The fraction of sp³-hybridized carbons (Fsp3) is 0.348. The van der Waals surface area contributed by atoms with Crippen molar-refractivity contribution in [2.75, 3.05) is 6.61 Å². The Bertz CT molecular complexity index is 709. The van der Waals surface area contributed by atoms with Crippen molar-refractivity contribution >= 4 is 5.97 Å². The predicted octanol–water partition coefficient (Wildman–Crippen LogP) is 5.63. The zero-order chi connectivity index (χ0) is 18.6. The molecule has 0 radical (unpaired) electrons. The predicted molar refractivity (Wildman–Crippen MR) is 105 cm³/mol. The van der Waals surface area contributed by atoms with Crippen molar-refractivity contribution < 1.29 is 14.3 Å². The van der Waals surface area contributed by atoms with Crippen LogP contribution in [0.4, 0.5) is 0 Å². The topological polar surface area (TPSA) is 35.5 Å². The number of unbranched alkanes of at least 4 members (excludes halogenated alkanes) is 3. The van der Waals surface area contributed by atoms with Gasteiger partial charge in [0.15, 0.2) is 0 Å². The largest absolute Gasteiger partial charge is 0.494 e. The van der Waals surface area contributed by atoms with Crippen molar-refractivity contribution in [3.8, 4) is 35.0 Å². The maximum atomic E-state index is 11.8. The lowest BCUT2D eigenvalue weighted by molar-refractivity contribution is -0.134. The van der Waals surface area contributed by atoms with E-state index in [2.05, 4.69) is 12.8 Å². The lowest BCUT2D eigenvalue weighted by Gasteiger charge is -2.08. The zero-order valence-electron chi connectivity index (χ0n) is 15.4. The number of ether oxygens (including phenoxy) is 2. The summed E-state index contributed by atoms with van der Waals surface area (Å²) in [5.74, 6) is 3.86. The normalized spacial score (nSPS) is 10.2. The molecule has 0 bridgehead atoms. The van der Waals surface area contributed by atoms with Gasteiger partial charge >= 0.3 is 5.97 Å². The van der Waals surface area contributed by atoms with E-state index in [1.54, 1.807) is 0 Å². The molecule has 0 aliphatic rings. The molecule has 0 aliphatic heterocycles. The zero-order valence-corrected chi connectivity index (χ0v) is 15.4. The third-order valence-electron chi connectivity index (χ3n) is 3.99. The average Bonchev–Trinajstić information content (AvgIpc) is 2.67. The Kier molecular flexibility index (Phi) is 8.29. The number of carbonyl (C=O) groups is 1. The molecular weight excluding hydrogens is 324 g/mol. The maximum absolute atomic E-state index is 11.8. The third-order valence-corrected chi connectivity index (χ3v) is 3.99. The highest BCUT2D eigenvalue weighted by atomic mass is 16.5. The van der Waals surface area contributed by atoms with E-state index in [0.717, 1.165) is 49.0 Å². The van der Waals surface area contributed by atoms with Crippen molar-refractivity contribution in [3.63, 3.8) is 0 Å². The Labute approximate surface area is 156 Å². The van der Waals surface area contributed by atoms with Crippen LogP contribution in [0.2, 0.25) is 0 Å². The van der Waals surface area contributed by atoms with Crippen LogP contribution in [-0.4, -0.2) is 12.6 Å². The number of terminal acetylenes is 1. The Morgan fingerprint density at radius 1 is 0.923 bits per heavy atom. The van der Waals surface area contributed by atoms with Gasteiger partial charge < -0.3 is 9.47 Å². The van der Waals surface area contributed by atoms with Crippen LogP contribution in [0.5, 0.6) is 11.5 Å². The van der Waals surface area contributed by atoms with Gasteiger partial charge in [-0.05, 0) is 48.2 Å². The highest BCUT2D eigenvalue weighted by Gasteiger charge is 2.05. The summed E-state index contributed by atoms with van der Waals surface area (Å²) in [6.07, 6.45) is 10.3. The van der Waals surface area contributed by atoms with E-state index in [0.29, 0.717) is 18.8 Å². The lowest BCUT2D eigenvalue weighted by atomic mass is 10.1. The van der Waals surface area contributed by atoms with Gasteiger partial charge in [0.25, 0.3) is 0 Å². The molecule has 0 aliphatic carbocycles. The Morgan fingerprint density at radius 2 is 1.54 bits per heavy atom. The second kappa shape index (κ2) is 11.0. The summed E-state index contributed by atoms with van der Waals surface area (Å²) in [5, 5.41) is 0. The van der Waals surface area contributed by atoms with Crippen LogP contribution in [0, 0.1) is 12.3 Å². The molecule has 0 saturated heterocycles. The van der Waals surface area contributed by atoms with Crippen LogP contribution >= 0.6 is 0 Å². The standard InChI is InChI=1S/C23H26O3/c1-3-5-7-9-23(24)26-22-16-12-20(13-17-22)19-10-14-21(15-11-19)25-18-8-6-4-2/h2,10-17H,3,5-9,18H2,1H3. The van der Waals surface area contributed by atoms with Crippen LogP contribution < -0.4 is 9.47 Å². The first kappa shape index (κ1) is 19.6. The third kappa shape index (κ3) is 6.64. The first-order valence-corrected chi connectivity index (χ1v) is 9.20. The molecule has 0 saturated carbocycles. The van der Waals surface area contributed by atoms with Gasteiger partial charge in [-0.1, -0.05) is 44.0 Å². The van der Waals surface area contributed by atoms with Crippen molar-refractivity contribution in [1.82, 2.24) is 0 Å². The SMILES string of the molecule is C#CCCCOc1ccc(-c2ccc(OC(=O)CCCCC)cc2)cc1. The second-order valence-electron chi connectivity index (χ2n) is 6.14. The monoisotopic (exact) mass is 350 g/mol. The molecule has 0 aromatic heterocycles. The second-order valence-corrected chi connectivity index (χ2v) is 6.14. The fourth-order valence-corrected chi connectivity index (χ4v) is 2.53. The Balaban J connectivity index is 1.87. The molecule has 0 unspecified atom stereocenters. The molecule has 3 nitrogen and oxygen atoms in total. The van der Waals surface area contributed by atoms with Crippen LogP contribution in [0.15, 0.2) is 48.5 Å². The van der Waals surface area contributed by atoms with E-state index in [-0.39, 0.29) is 5.97 Å². The van der Waals surface area contributed by atoms with E-state index in [1.165, 1.54) is 0 Å². The molecule has 2 aromatic carbocycles. The van der Waals surface area contributed by atoms with Gasteiger partial charge in [-0.25, -0.2) is 0 Å². The van der Waals surface area contributed by atoms with E-state index >= 15 is 0 Å². The average molecular weight is 350 g/mol. The summed E-state index contributed by atoms with van der Waals surface area (Å²) in [6, 6.07) is 15.5. The summed E-state index contributed by atoms with van der Waals surface area (Å²) in [5.41, 5.74) is 2.15. The Morgan fingerprint density at radius 3 is 2.12 bits per heavy atom. The van der Waals surface area contributed by atoms with Gasteiger partial charge in [0, 0.05) is 12.8 Å². The number of esters is 1. The smallest absolute Gasteiger partial charge is 0.311 e. The van der Waals surface area contributed by atoms with Crippen molar-refractivity contribution in [1.29, 1.82) is 0 Å². The minimum absolute atomic E-state index is 0.169. The number of hydrogen-bond acceptors (Lipinski definition) is 3. The number of carbonyl (C=O) groups excluding carboxylic acids is 1.